The number of hydrogen-bond donors (Lipinski definition) is 1. The largest absolute Gasteiger partial charge is 0.497 e. The fourth-order valence-corrected chi connectivity index (χ4v) is 2.15. The first-order valence-corrected chi connectivity index (χ1v) is 7.24. The van der Waals surface area contributed by atoms with Crippen molar-refractivity contribution >= 4 is 17.6 Å². The predicted molar refractivity (Wildman–Crippen MR) is 89.4 cm³/mol. The van der Waals surface area contributed by atoms with Crippen molar-refractivity contribution in [1.29, 1.82) is 0 Å². The molecule has 0 saturated heterocycles. The molecule has 0 atom stereocenters. The Hall–Kier alpha value is -2.86. The Morgan fingerprint density at radius 1 is 1.00 bits per heavy atom. The third kappa shape index (κ3) is 4.11. The Kier molecular flexibility index (Phi) is 5.92. The molecule has 0 fully saturated rings. The van der Waals surface area contributed by atoms with Crippen LogP contribution in [0.3, 0.4) is 0 Å². The van der Waals surface area contributed by atoms with Crippen LogP contribution in [-0.2, 0) is 16.1 Å². The molecule has 2 aromatic rings. The van der Waals surface area contributed by atoms with E-state index in [4.69, 9.17) is 14.2 Å². The maximum absolute atomic E-state index is 12.4. The fraction of sp³-hybridized carbons (Fsp3) is 0.222. The molecule has 0 spiro atoms. The van der Waals surface area contributed by atoms with Crippen LogP contribution in [0.4, 0.5) is 5.69 Å². The van der Waals surface area contributed by atoms with Crippen molar-refractivity contribution in [1.82, 2.24) is 0 Å². The van der Waals surface area contributed by atoms with E-state index in [-0.39, 0.29) is 11.5 Å². The van der Waals surface area contributed by atoms with Gasteiger partial charge < -0.3 is 19.5 Å². The van der Waals surface area contributed by atoms with Gasteiger partial charge in [0.25, 0.3) is 5.91 Å². The van der Waals surface area contributed by atoms with Gasteiger partial charge in [0.15, 0.2) is 0 Å². The molecule has 1 N–H and O–H groups in total. The summed E-state index contributed by atoms with van der Waals surface area (Å²) in [5, 5.41) is 2.72. The van der Waals surface area contributed by atoms with E-state index in [2.05, 4.69) is 5.32 Å². The maximum Gasteiger partial charge on any atom is 0.340 e. The van der Waals surface area contributed by atoms with Crippen molar-refractivity contribution in [3.63, 3.8) is 0 Å². The van der Waals surface area contributed by atoms with Gasteiger partial charge >= 0.3 is 5.97 Å². The monoisotopic (exact) mass is 329 g/mol. The zero-order valence-corrected chi connectivity index (χ0v) is 13.8. The average Bonchev–Trinajstić information content (AvgIpc) is 2.62. The number of hydrogen-bond acceptors (Lipinski definition) is 5. The zero-order chi connectivity index (χ0) is 17.5. The molecular weight excluding hydrogens is 310 g/mol. The normalized spacial score (nSPS) is 10.1. The molecule has 0 saturated carbocycles. The molecule has 0 aliphatic rings. The highest BCUT2D eigenvalue weighted by Gasteiger charge is 2.16. The Morgan fingerprint density at radius 3 is 2.29 bits per heavy atom. The van der Waals surface area contributed by atoms with Crippen LogP contribution < -0.4 is 10.1 Å². The van der Waals surface area contributed by atoms with E-state index in [1.54, 1.807) is 31.4 Å². The van der Waals surface area contributed by atoms with Gasteiger partial charge in [0.1, 0.15) is 5.75 Å². The second-order valence-electron chi connectivity index (χ2n) is 4.99. The summed E-state index contributed by atoms with van der Waals surface area (Å²) < 4.78 is 14.9. The zero-order valence-electron chi connectivity index (χ0n) is 13.8. The summed E-state index contributed by atoms with van der Waals surface area (Å²) in [4.78, 5) is 24.3. The number of anilines is 1. The number of amides is 1. The summed E-state index contributed by atoms with van der Waals surface area (Å²) in [5.74, 6) is -0.383. The first-order valence-electron chi connectivity index (χ1n) is 7.24. The minimum Gasteiger partial charge on any atom is -0.497 e. The van der Waals surface area contributed by atoms with Crippen LogP contribution in [-0.4, -0.2) is 33.2 Å². The van der Waals surface area contributed by atoms with Crippen LogP contribution in [0.2, 0.25) is 0 Å². The molecule has 0 aromatic heterocycles. The first kappa shape index (κ1) is 17.5. The van der Waals surface area contributed by atoms with E-state index in [1.165, 1.54) is 20.3 Å². The highest BCUT2D eigenvalue weighted by Crippen LogP contribution is 2.23. The van der Waals surface area contributed by atoms with Crippen molar-refractivity contribution in [3.05, 3.63) is 59.2 Å². The Bertz CT molecular complexity index is 725. The van der Waals surface area contributed by atoms with Gasteiger partial charge in [-0.3, -0.25) is 4.79 Å². The smallest absolute Gasteiger partial charge is 0.340 e. The molecule has 0 aliphatic carbocycles. The van der Waals surface area contributed by atoms with E-state index in [9.17, 15) is 9.59 Å². The minimum atomic E-state index is -0.556. The number of benzene rings is 2. The van der Waals surface area contributed by atoms with Crippen LogP contribution in [0.15, 0.2) is 42.5 Å². The number of methoxy groups -OCH3 is 3. The molecule has 0 bridgehead atoms. The third-order valence-corrected chi connectivity index (χ3v) is 3.41. The molecule has 2 rings (SSSR count). The number of carbonyl (C=O) groups is 2. The molecule has 2 aromatic carbocycles. The second kappa shape index (κ2) is 8.12. The first-order chi connectivity index (χ1) is 11.6. The minimum absolute atomic E-state index is 0.223. The van der Waals surface area contributed by atoms with Crippen molar-refractivity contribution in [3.8, 4) is 5.75 Å². The quantitative estimate of drug-likeness (QED) is 0.825. The molecule has 24 heavy (non-hydrogen) atoms. The van der Waals surface area contributed by atoms with Gasteiger partial charge in [0, 0.05) is 12.7 Å². The predicted octanol–water partition coefficient (Wildman–Crippen LogP) is 2.88. The van der Waals surface area contributed by atoms with Crippen LogP contribution in [0.1, 0.15) is 26.3 Å². The third-order valence-electron chi connectivity index (χ3n) is 3.41. The fourth-order valence-electron chi connectivity index (χ4n) is 2.15. The standard InChI is InChI=1S/C18H19NO5/c1-22-11-12-4-6-13(7-5-12)17(20)19-16-9-8-14(23-2)10-15(16)18(21)24-3/h4-10H,11H2,1-3H3,(H,19,20). The summed E-state index contributed by atoms with van der Waals surface area (Å²) in [5.41, 5.74) is 2.02. The SMILES string of the molecule is COCc1ccc(C(=O)Nc2ccc(OC)cc2C(=O)OC)cc1. The lowest BCUT2D eigenvalue weighted by Gasteiger charge is -2.11. The second-order valence-corrected chi connectivity index (χ2v) is 4.99. The van der Waals surface area contributed by atoms with E-state index < -0.39 is 5.97 Å². The molecule has 6 heteroatoms. The Morgan fingerprint density at radius 2 is 1.71 bits per heavy atom. The van der Waals surface area contributed by atoms with Gasteiger partial charge in [0.05, 0.1) is 32.1 Å². The van der Waals surface area contributed by atoms with Crippen molar-refractivity contribution < 1.29 is 23.8 Å². The number of rotatable bonds is 6. The van der Waals surface area contributed by atoms with Gasteiger partial charge in [-0.05, 0) is 35.9 Å². The van der Waals surface area contributed by atoms with Gasteiger partial charge in [-0.1, -0.05) is 12.1 Å². The summed E-state index contributed by atoms with van der Waals surface area (Å²) in [6, 6.07) is 11.8. The van der Waals surface area contributed by atoms with E-state index in [0.717, 1.165) is 5.56 Å². The highest BCUT2D eigenvalue weighted by atomic mass is 16.5. The molecule has 0 unspecified atom stereocenters. The van der Waals surface area contributed by atoms with Gasteiger partial charge in [0.2, 0.25) is 0 Å². The van der Waals surface area contributed by atoms with Crippen LogP contribution in [0, 0.1) is 0 Å². The van der Waals surface area contributed by atoms with Gasteiger partial charge in [-0.2, -0.15) is 0 Å². The van der Waals surface area contributed by atoms with Crippen molar-refractivity contribution in [2.75, 3.05) is 26.6 Å². The molecule has 0 aliphatic heterocycles. The summed E-state index contributed by atoms with van der Waals surface area (Å²) in [6.07, 6.45) is 0. The van der Waals surface area contributed by atoms with Crippen LogP contribution in [0.25, 0.3) is 0 Å². The van der Waals surface area contributed by atoms with Gasteiger partial charge in [-0.25, -0.2) is 4.79 Å². The number of esters is 1. The Balaban J connectivity index is 2.23. The van der Waals surface area contributed by atoms with E-state index >= 15 is 0 Å². The highest BCUT2D eigenvalue weighted by molar-refractivity contribution is 6.08. The van der Waals surface area contributed by atoms with E-state index in [1.807, 2.05) is 12.1 Å². The molecule has 1 amide bonds. The van der Waals surface area contributed by atoms with Gasteiger partial charge in [-0.15, -0.1) is 0 Å². The molecule has 0 heterocycles. The average molecular weight is 329 g/mol. The lowest BCUT2D eigenvalue weighted by atomic mass is 10.1. The lowest BCUT2D eigenvalue weighted by molar-refractivity contribution is 0.0601. The van der Waals surface area contributed by atoms with Crippen molar-refractivity contribution in [2.24, 2.45) is 0 Å². The van der Waals surface area contributed by atoms with Crippen LogP contribution in [0.5, 0.6) is 5.75 Å². The van der Waals surface area contributed by atoms with E-state index in [0.29, 0.717) is 23.6 Å². The van der Waals surface area contributed by atoms with Crippen LogP contribution >= 0.6 is 0 Å². The molecule has 0 radical (unpaired) electrons. The summed E-state index contributed by atoms with van der Waals surface area (Å²) in [7, 11) is 4.39. The topological polar surface area (TPSA) is 73.9 Å². The Labute approximate surface area is 140 Å². The summed E-state index contributed by atoms with van der Waals surface area (Å²) >= 11 is 0. The molecular formula is C18H19NO5. The number of carbonyl (C=O) groups excluding carboxylic acids is 2. The number of nitrogens with one attached hydrogen (secondary N) is 1. The number of ether oxygens (including phenoxy) is 3. The summed E-state index contributed by atoms with van der Waals surface area (Å²) in [6.45, 7) is 0.479. The molecule has 126 valence electrons. The lowest BCUT2D eigenvalue weighted by Crippen LogP contribution is -2.15. The molecule has 6 nitrogen and oxygen atoms in total. The van der Waals surface area contributed by atoms with Crippen molar-refractivity contribution in [2.45, 2.75) is 6.61 Å². The maximum atomic E-state index is 12.4.